The van der Waals surface area contributed by atoms with Gasteiger partial charge in [0.1, 0.15) is 0 Å². The summed E-state index contributed by atoms with van der Waals surface area (Å²) in [6.45, 7) is 5.63. The zero-order chi connectivity index (χ0) is 9.30. The van der Waals surface area contributed by atoms with Crippen LogP contribution in [-0.4, -0.2) is 0 Å². The van der Waals surface area contributed by atoms with E-state index in [1.54, 1.807) is 6.07 Å². The first-order valence-electron chi connectivity index (χ1n) is 3.38. The summed E-state index contributed by atoms with van der Waals surface area (Å²) in [4.78, 5) is 0. The van der Waals surface area contributed by atoms with Crippen molar-refractivity contribution in [3.8, 4) is 0 Å². The van der Waals surface area contributed by atoms with Crippen molar-refractivity contribution >= 4 is 34.5 Å². The van der Waals surface area contributed by atoms with Crippen LogP contribution in [0.3, 0.4) is 0 Å². The Kier molecular flexibility index (Phi) is 3.18. The van der Waals surface area contributed by atoms with Gasteiger partial charge in [0.15, 0.2) is 0 Å². The summed E-state index contributed by atoms with van der Waals surface area (Å²) in [5.41, 5.74) is 7.56. The topological polar surface area (TPSA) is 26.0 Å². The molecule has 0 aliphatic rings. The van der Waals surface area contributed by atoms with Gasteiger partial charge in [0, 0.05) is 5.56 Å². The maximum atomic E-state index is 5.90. The molecule has 0 spiro atoms. The van der Waals surface area contributed by atoms with E-state index >= 15 is 0 Å². The van der Waals surface area contributed by atoms with Crippen molar-refractivity contribution < 1.29 is 0 Å². The lowest BCUT2D eigenvalue weighted by Gasteiger charge is -2.08. The quantitative estimate of drug-likeness (QED) is 0.759. The summed E-state index contributed by atoms with van der Waals surface area (Å²) >= 11 is 13.0. The molecule has 12 heavy (non-hydrogen) atoms. The molecule has 0 aliphatic heterocycles. The maximum absolute atomic E-state index is 5.90. The van der Waals surface area contributed by atoms with Crippen LogP contribution < -0.4 is 5.73 Å². The Morgan fingerprint density at radius 2 is 2.25 bits per heavy atom. The van der Waals surface area contributed by atoms with Gasteiger partial charge in [0.05, 0.1) is 14.7 Å². The largest absolute Gasteiger partial charge is 0.320 e. The molecule has 1 aromatic rings. The number of thiophene rings is 1. The van der Waals surface area contributed by atoms with E-state index in [-0.39, 0.29) is 6.04 Å². The molecule has 0 aliphatic carbocycles. The standard InChI is InChI=1S/C8H9Cl2NS/c1-4(2)7(11)5-3-6(9)12-8(5)10/h3,7H,1,11H2,2H3. The van der Waals surface area contributed by atoms with E-state index in [1.165, 1.54) is 11.3 Å². The van der Waals surface area contributed by atoms with Crippen molar-refractivity contribution in [2.45, 2.75) is 13.0 Å². The minimum absolute atomic E-state index is 0.207. The van der Waals surface area contributed by atoms with Gasteiger partial charge < -0.3 is 5.73 Å². The Balaban J connectivity index is 3.02. The minimum atomic E-state index is -0.207. The molecule has 66 valence electrons. The molecule has 1 rings (SSSR count). The van der Waals surface area contributed by atoms with Crippen LogP contribution in [-0.2, 0) is 0 Å². The van der Waals surface area contributed by atoms with Crippen molar-refractivity contribution in [2.24, 2.45) is 5.73 Å². The van der Waals surface area contributed by atoms with Gasteiger partial charge in [-0.2, -0.15) is 0 Å². The predicted molar refractivity (Wildman–Crippen MR) is 56.1 cm³/mol. The molecule has 0 saturated carbocycles. The molecule has 0 bridgehead atoms. The number of hydrogen-bond acceptors (Lipinski definition) is 2. The highest BCUT2D eigenvalue weighted by molar-refractivity contribution is 7.20. The van der Waals surface area contributed by atoms with Crippen LogP contribution in [0.1, 0.15) is 18.5 Å². The summed E-state index contributed by atoms with van der Waals surface area (Å²) in [6.07, 6.45) is 0. The Bertz CT molecular complexity index is 306. The molecule has 0 aromatic carbocycles. The molecular weight excluding hydrogens is 213 g/mol. The van der Waals surface area contributed by atoms with Crippen molar-refractivity contribution in [3.05, 3.63) is 32.5 Å². The summed E-state index contributed by atoms with van der Waals surface area (Å²) in [5, 5.41) is 0. The average Bonchev–Trinajstić information content (AvgIpc) is 2.28. The molecule has 2 N–H and O–H groups in total. The Hall–Kier alpha value is -0.0200. The number of hydrogen-bond donors (Lipinski definition) is 1. The van der Waals surface area contributed by atoms with Crippen LogP contribution in [0.2, 0.25) is 8.67 Å². The van der Waals surface area contributed by atoms with Gasteiger partial charge in [-0.3, -0.25) is 0 Å². The zero-order valence-electron chi connectivity index (χ0n) is 6.60. The monoisotopic (exact) mass is 221 g/mol. The molecule has 1 unspecified atom stereocenters. The van der Waals surface area contributed by atoms with Gasteiger partial charge >= 0.3 is 0 Å². The van der Waals surface area contributed by atoms with E-state index in [0.717, 1.165) is 11.1 Å². The van der Waals surface area contributed by atoms with E-state index in [2.05, 4.69) is 6.58 Å². The highest BCUT2D eigenvalue weighted by atomic mass is 35.5. The molecule has 1 aromatic heterocycles. The molecular formula is C8H9Cl2NS. The third kappa shape index (κ3) is 2.02. The summed E-state index contributed by atoms with van der Waals surface area (Å²) in [5.74, 6) is 0. The van der Waals surface area contributed by atoms with Crippen molar-refractivity contribution in [3.63, 3.8) is 0 Å². The van der Waals surface area contributed by atoms with Gasteiger partial charge in [-0.15, -0.1) is 11.3 Å². The fourth-order valence-corrected chi connectivity index (χ4v) is 2.38. The first-order valence-corrected chi connectivity index (χ1v) is 4.95. The van der Waals surface area contributed by atoms with Crippen LogP contribution >= 0.6 is 34.5 Å². The second kappa shape index (κ2) is 3.79. The number of halogens is 2. The highest BCUT2D eigenvalue weighted by Crippen LogP contribution is 2.35. The van der Waals surface area contributed by atoms with Gasteiger partial charge in [0.25, 0.3) is 0 Å². The lowest BCUT2D eigenvalue weighted by Crippen LogP contribution is -2.09. The SMILES string of the molecule is C=C(C)C(N)c1cc(Cl)sc1Cl. The lowest BCUT2D eigenvalue weighted by molar-refractivity contribution is 0.856. The van der Waals surface area contributed by atoms with Crippen LogP contribution in [0.5, 0.6) is 0 Å². The summed E-state index contributed by atoms with van der Waals surface area (Å²) < 4.78 is 1.31. The van der Waals surface area contributed by atoms with Crippen LogP contribution in [0.4, 0.5) is 0 Å². The highest BCUT2D eigenvalue weighted by Gasteiger charge is 2.13. The van der Waals surface area contributed by atoms with Crippen LogP contribution in [0.15, 0.2) is 18.2 Å². The zero-order valence-corrected chi connectivity index (χ0v) is 8.93. The van der Waals surface area contributed by atoms with E-state index in [1.807, 2.05) is 6.92 Å². The first kappa shape index (κ1) is 10.1. The van der Waals surface area contributed by atoms with Gasteiger partial charge in [-0.05, 0) is 13.0 Å². The Morgan fingerprint density at radius 1 is 1.67 bits per heavy atom. The van der Waals surface area contributed by atoms with Crippen LogP contribution in [0.25, 0.3) is 0 Å². The average molecular weight is 222 g/mol. The molecule has 0 fully saturated rings. The molecule has 1 heterocycles. The molecule has 0 saturated heterocycles. The summed E-state index contributed by atoms with van der Waals surface area (Å²) in [6, 6.07) is 1.58. The molecule has 4 heteroatoms. The smallest absolute Gasteiger partial charge is 0.0995 e. The normalized spacial score (nSPS) is 13.0. The molecule has 1 atom stereocenters. The Labute approximate surface area is 85.8 Å². The number of nitrogens with two attached hydrogens (primary N) is 1. The second-order valence-corrected chi connectivity index (χ2v) is 4.89. The minimum Gasteiger partial charge on any atom is -0.320 e. The predicted octanol–water partition coefficient (Wildman–Crippen LogP) is 3.63. The lowest BCUT2D eigenvalue weighted by atomic mass is 10.1. The van der Waals surface area contributed by atoms with E-state index in [9.17, 15) is 0 Å². The summed E-state index contributed by atoms with van der Waals surface area (Å²) in [7, 11) is 0. The third-order valence-electron chi connectivity index (χ3n) is 1.55. The van der Waals surface area contributed by atoms with Crippen molar-refractivity contribution in [1.29, 1.82) is 0 Å². The van der Waals surface area contributed by atoms with Crippen LogP contribution in [0, 0.1) is 0 Å². The second-order valence-electron chi connectivity index (χ2n) is 2.60. The van der Waals surface area contributed by atoms with Crippen molar-refractivity contribution in [1.82, 2.24) is 0 Å². The van der Waals surface area contributed by atoms with E-state index < -0.39 is 0 Å². The fraction of sp³-hybridized carbons (Fsp3) is 0.250. The first-order chi connectivity index (χ1) is 5.52. The van der Waals surface area contributed by atoms with Gasteiger partial charge in [-0.25, -0.2) is 0 Å². The van der Waals surface area contributed by atoms with E-state index in [4.69, 9.17) is 28.9 Å². The molecule has 0 radical (unpaired) electrons. The van der Waals surface area contributed by atoms with E-state index in [0.29, 0.717) is 8.67 Å². The third-order valence-corrected chi connectivity index (χ3v) is 3.07. The maximum Gasteiger partial charge on any atom is 0.0995 e. The van der Waals surface area contributed by atoms with Gasteiger partial charge in [-0.1, -0.05) is 35.4 Å². The van der Waals surface area contributed by atoms with Crippen molar-refractivity contribution in [2.75, 3.05) is 0 Å². The fourth-order valence-electron chi connectivity index (χ4n) is 0.830. The Morgan fingerprint density at radius 3 is 2.58 bits per heavy atom. The molecule has 1 nitrogen and oxygen atoms in total. The number of rotatable bonds is 2. The molecule has 0 amide bonds. The van der Waals surface area contributed by atoms with Gasteiger partial charge in [0.2, 0.25) is 0 Å².